The zero-order valence-electron chi connectivity index (χ0n) is 5.37. The minimum Gasteiger partial charge on any atom is -1.00 e. The predicted molar refractivity (Wildman–Crippen MR) is 29.2 cm³/mol. The molecule has 2 nitrogen and oxygen atoms in total. The van der Waals surface area contributed by atoms with Gasteiger partial charge in [-0.15, -0.1) is 0 Å². The number of hydrogen-bond acceptors (Lipinski definition) is 2. The predicted octanol–water partition coefficient (Wildman–Crippen LogP) is -1.82. The fraction of sp³-hybridized carbons (Fsp3) is 0. The second-order valence-corrected chi connectivity index (χ2v) is 1.02. The van der Waals surface area contributed by atoms with Gasteiger partial charge in [-0.1, -0.05) is 6.07 Å². The SMILES string of the molecule is [Br-].[C-]#N.[Zn+2].c1ccncc1. The van der Waals surface area contributed by atoms with Crippen LogP contribution in [-0.2, 0) is 19.5 Å². The summed E-state index contributed by atoms with van der Waals surface area (Å²) < 4.78 is 0. The first-order valence-corrected chi connectivity index (χ1v) is 2.07. The Hall–Kier alpha value is -0.257. The largest absolute Gasteiger partial charge is 2.00 e. The van der Waals surface area contributed by atoms with Crippen molar-refractivity contribution in [1.82, 2.24) is 4.98 Å². The van der Waals surface area contributed by atoms with Crippen molar-refractivity contribution in [2.45, 2.75) is 0 Å². The third-order valence-corrected chi connectivity index (χ3v) is 0.566. The van der Waals surface area contributed by atoms with Gasteiger partial charge in [0, 0.05) is 12.4 Å². The average Bonchev–Trinajstić information content (AvgIpc) is 1.96. The fourth-order valence-electron chi connectivity index (χ4n) is 0.313. The molecule has 0 radical (unpaired) electrons. The molecule has 0 aromatic carbocycles. The summed E-state index contributed by atoms with van der Waals surface area (Å²) in [7, 11) is 0. The topological polar surface area (TPSA) is 36.7 Å². The smallest absolute Gasteiger partial charge is 1.00 e. The van der Waals surface area contributed by atoms with Crippen LogP contribution in [0.1, 0.15) is 0 Å². The second-order valence-electron chi connectivity index (χ2n) is 1.02. The maximum Gasteiger partial charge on any atom is 2.00 e. The monoisotopic (exact) mass is 248 g/mol. The summed E-state index contributed by atoms with van der Waals surface area (Å²) >= 11 is 0. The number of aromatic nitrogens is 1. The van der Waals surface area contributed by atoms with Crippen LogP contribution in [0.25, 0.3) is 0 Å². The van der Waals surface area contributed by atoms with Gasteiger partial charge in [0.15, 0.2) is 0 Å². The standard InChI is InChI=1S/C5H5N.CN.BrH.Zn/c1-2-4-6-5-3-1;1-2;;/h1-5H;;1H;/q;-1;;+2/p-1. The first-order chi connectivity index (χ1) is 4.00. The molecule has 0 atom stereocenters. The Bertz CT molecular complexity index is 116. The van der Waals surface area contributed by atoms with Crippen molar-refractivity contribution in [3.8, 4) is 0 Å². The number of rotatable bonds is 0. The molecule has 0 bridgehead atoms. The number of nitrogens with zero attached hydrogens (tertiary/aromatic N) is 2. The van der Waals surface area contributed by atoms with Crippen LogP contribution >= 0.6 is 0 Å². The molecule has 0 amide bonds. The van der Waals surface area contributed by atoms with E-state index in [9.17, 15) is 0 Å². The number of pyridine rings is 1. The Morgan fingerprint density at radius 1 is 1.00 bits per heavy atom. The molecule has 0 saturated heterocycles. The number of hydrogen-bond donors (Lipinski definition) is 0. The van der Waals surface area contributed by atoms with E-state index in [0.29, 0.717) is 0 Å². The molecule has 1 rings (SSSR count). The first-order valence-electron chi connectivity index (χ1n) is 2.07. The molecule has 0 unspecified atom stereocenters. The Morgan fingerprint density at radius 2 is 1.40 bits per heavy atom. The quantitative estimate of drug-likeness (QED) is 0.402. The van der Waals surface area contributed by atoms with E-state index in [1.807, 2.05) is 18.2 Å². The molecular weight excluding hydrogens is 245 g/mol. The van der Waals surface area contributed by atoms with Gasteiger partial charge in [0.25, 0.3) is 0 Å². The van der Waals surface area contributed by atoms with Gasteiger partial charge < -0.3 is 28.8 Å². The Labute approximate surface area is 83.8 Å². The molecule has 0 fully saturated rings. The maximum atomic E-state index is 6.25. The van der Waals surface area contributed by atoms with Crippen LogP contribution in [0.3, 0.4) is 0 Å². The van der Waals surface area contributed by atoms with Gasteiger partial charge in [0.1, 0.15) is 0 Å². The zero-order chi connectivity index (χ0) is 6.24. The molecule has 10 heavy (non-hydrogen) atoms. The van der Waals surface area contributed by atoms with Gasteiger partial charge in [-0.25, -0.2) is 0 Å². The van der Waals surface area contributed by atoms with Gasteiger partial charge in [-0.2, -0.15) is 0 Å². The van der Waals surface area contributed by atoms with Crippen LogP contribution in [0.4, 0.5) is 0 Å². The van der Waals surface area contributed by atoms with Gasteiger partial charge in [-0.3, -0.25) is 4.98 Å². The van der Waals surface area contributed by atoms with Crippen LogP contribution in [0.2, 0.25) is 0 Å². The van der Waals surface area contributed by atoms with Crippen LogP contribution in [0.15, 0.2) is 30.6 Å². The Morgan fingerprint density at radius 3 is 1.50 bits per heavy atom. The zero-order valence-corrected chi connectivity index (χ0v) is 9.92. The normalized spacial score (nSPS) is 5.00. The number of halogens is 1. The summed E-state index contributed by atoms with van der Waals surface area (Å²) in [5.41, 5.74) is 0. The van der Waals surface area contributed by atoms with Crippen molar-refractivity contribution in [1.29, 1.82) is 5.26 Å². The van der Waals surface area contributed by atoms with E-state index in [2.05, 4.69) is 4.98 Å². The summed E-state index contributed by atoms with van der Waals surface area (Å²) in [4.78, 5) is 3.78. The van der Waals surface area contributed by atoms with Crippen molar-refractivity contribution in [2.24, 2.45) is 0 Å². The summed E-state index contributed by atoms with van der Waals surface area (Å²) in [6, 6.07) is 5.72. The van der Waals surface area contributed by atoms with E-state index < -0.39 is 0 Å². The van der Waals surface area contributed by atoms with E-state index in [4.69, 9.17) is 11.8 Å². The molecule has 0 spiro atoms. The van der Waals surface area contributed by atoms with Gasteiger partial charge in [0.2, 0.25) is 0 Å². The van der Waals surface area contributed by atoms with Crippen LogP contribution < -0.4 is 17.0 Å². The van der Waals surface area contributed by atoms with Crippen molar-refractivity contribution in [3.05, 3.63) is 37.2 Å². The summed E-state index contributed by atoms with van der Waals surface area (Å²) in [5, 5.41) is 6.25. The van der Waals surface area contributed by atoms with Gasteiger partial charge >= 0.3 is 19.5 Å². The molecule has 1 heterocycles. The minimum absolute atomic E-state index is 0. The van der Waals surface area contributed by atoms with Crippen molar-refractivity contribution in [2.75, 3.05) is 0 Å². The van der Waals surface area contributed by atoms with E-state index in [1.165, 1.54) is 0 Å². The molecule has 0 aliphatic rings. The second kappa shape index (κ2) is 15.9. The summed E-state index contributed by atoms with van der Waals surface area (Å²) in [6.45, 7) is 4.75. The molecule has 0 aliphatic carbocycles. The van der Waals surface area contributed by atoms with E-state index in [0.717, 1.165) is 0 Å². The van der Waals surface area contributed by atoms with Crippen molar-refractivity contribution >= 4 is 0 Å². The molecule has 1 aromatic rings. The van der Waals surface area contributed by atoms with E-state index in [-0.39, 0.29) is 36.5 Å². The average molecular weight is 250 g/mol. The Balaban J connectivity index is -0.000000114. The van der Waals surface area contributed by atoms with Crippen molar-refractivity contribution < 1.29 is 36.5 Å². The molecule has 1 aromatic heterocycles. The van der Waals surface area contributed by atoms with E-state index >= 15 is 0 Å². The summed E-state index contributed by atoms with van der Waals surface area (Å²) in [6.07, 6.45) is 3.50. The minimum atomic E-state index is 0. The third-order valence-electron chi connectivity index (χ3n) is 0.566. The molecule has 48 valence electrons. The third kappa shape index (κ3) is 10.7. The Kier molecular flexibility index (Phi) is 26.0. The summed E-state index contributed by atoms with van der Waals surface area (Å²) in [5.74, 6) is 0. The van der Waals surface area contributed by atoms with Gasteiger partial charge in [-0.05, 0) is 12.1 Å². The maximum absolute atomic E-state index is 6.25. The molecular formula is C6H5BrN2Zn. The molecule has 0 aliphatic heterocycles. The molecule has 4 heteroatoms. The fourth-order valence-corrected chi connectivity index (χ4v) is 0.313. The van der Waals surface area contributed by atoms with E-state index in [1.54, 1.807) is 12.4 Å². The molecule has 0 N–H and O–H groups in total. The van der Waals surface area contributed by atoms with Crippen molar-refractivity contribution in [3.63, 3.8) is 0 Å². The van der Waals surface area contributed by atoms with Gasteiger partial charge in [0.05, 0.1) is 0 Å². The van der Waals surface area contributed by atoms with Crippen LogP contribution in [0.5, 0.6) is 0 Å². The first kappa shape index (κ1) is 16.4. The van der Waals surface area contributed by atoms with Crippen LogP contribution in [-0.4, -0.2) is 4.98 Å². The van der Waals surface area contributed by atoms with Crippen LogP contribution in [0, 0.1) is 11.8 Å². The molecule has 0 saturated carbocycles.